The molecule has 3 heteroatoms. The minimum Gasteiger partial charge on any atom is -0.438 e. The van der Waals surface area contributed by atoms with Gasteiger partial charge in [-0.2, -0.15) is 0 Å². The molecule has 1 N–H and O–H groups in total. The van der Waals surface area contributed by atoms with Crippen molar-refractivity contribution in [1.82, 2.24) is 0 Å². The van der Waals surface area contributed by atoms with Gasteiger partial charge in [-0.3, -0.25) is 0 Å². The van der Waals surface area contributed by atoms with Gasteiger partial charge in [-0.1, -0.05) is 140 Å². The molecule has 2 heterocycles. The van der Waals surface area contributed by atoms with E-state index in [0.717, 1.165) is 46.0 Å². The summed E-state index contributed by atoms with van der Waals surface area (Å²) in [5, 5.41) is 12.1. The van der Waals surface area contributed by atoms with E-state index in [4.69, 9.17) is 4.42 Å². The molecule has 9 aromatic rings. The first-order valence-corrected chi connectivity index (χ1v) is 17.2. The summed E-state index contributed by atoms with van der Waals surface area (Å²) in [6, 6.07) is 59.1. The van der Waals surface area contributed by atoms with Crippen LogP contribution in [0.4, 0.5) is 22.9 Å². The lowest BCUT2D eigenvalue weighted by Crippen LogP contribution is -2.10. The third kappa shape index (κ3) is 4.59. The van der Waals surface area contributed by atoms with E-state index < -0.39 is 0 Å². The molecular formula is C47H32N2O. The Morgan fingerprint density at radius 2 is 1.14 bits per heavy atom. The maximum atomic E-state index is 6.55. The lowest BCUT2D eigenvalue weighted by molar-refractivity contribution is 0.628. The topological polar surface area (TPSA) is 28.4 Å². The SMILES string of the molecule is C1=Cc2c(oc3c(N(c4ccc(-c5ccccc5)cc4)c4ccc(-c5cc6ccccc6c6c5ccc5ccccc56)cc4)cccc23)NC1. The standard InChI is InChI=1S/C47H32N2O/c1-2-10-31(11-3-1)32-19-24-36(25-20-32)49(44-18-8-16-41-42-17-9-29-48-47(42)50-46(41)44)37-26-21-34(22-27-37)43-30-35-13-5-7-15-39(35)45-38-14-6-4-12-33(38)23-28-40(43)45/h1-28,30,48H,29H2. The van der Waals surface area contributed by atoms with Crippen LogP contribution in [-0.2, 0) is 0 Å². The molecule has 0 atom stereocenters. The molecule has 0 spiro atoms. The lowest BCUT2D eigenvalue weighted by atomic mass is 9.90. The van der Waals surface area contributed by atoms with Gasteiger partial charge >= 0.3 is 0 Å². The molecule has 236 valence electrons. The van der Waals surface area contributed by atoms with Gasteiger partial charge < -0.3 is 14.6 Å². The van der Waals surface area contributed by atoms with Gasteiger partial charge in [-0.25, -0.2) is 0 Å². The molecule has 0 fully saturated rings. The van der Waals surface area contributed by atoms with E-state index in [1.54, 1.807) is 0 Å². The van der Waals surface area contributed by atoms with Crippen molar-refractivity contribution in [2.75, 3.05) is 16.8 Å². The van der Waals surface area contributed by atoms with Crippen LogP contribution in [0.1, 0.15) is 5.56 Å². The second-order valence-corrected chi connectivity index (χ2v) is 12.9. The van der Waals surface area contributed by atoms with Crippen molar-refractivity contribution < 1.29 is 4.42 Å². The highest BCUT2D eigenvalue weighted by molar-refractivity contribution is 6.24. The molecule has 1 aliphatic rings. The van der Waals surface area contributed by atoms with Gasteiger partial charge in [0.15, 0.2) is 5.58 Å². The van der Waals surface area contributed by atoms with Crippen molar-refractivity contribution in [2.24, 2.45) is 0 Å². The summed E-state index contributed by atoms with van der Waals surface area (Å²) in [5.74, 6) is 0.820. The molecule has 3 nitrogen and oxygen atoms in total. The van der Waals surface area contributed by atoms with Crippen LogP contribution in [-0.4, -0.2) is 6.54 Å². The van der Waals surface area contributed by atoms with E-state index in [2.05, 4.69) is 186 Å². The van der Waals surface area contributed by atoms with Crippen molar-refractivity contribution in [3.05, 3.63) is 175 Å². The number of para-hydroxylation sites is 1. The van der Waals surface area contributed by atoms with Crippen LogP contribution in [0, 0.1) is 0 Å². The van der Waals surface area contributed by atoms with Gasteiger partial charge in [-0.15, -0.1) is 0 Å². The van der Waals surface area contributed by atoms with Crippen molar-refractivity contribution in [1.29, 1.82) is 0 Å². The number of hydrogen-bond donors (Lipinski definition) is 1. The zero-order valence-corrected chi connectivity index (χ0v) is 27.3. The van der Waals surface area contributed by atoms with Crippen molar-refractivity contribution >= 4 is 72.3 Å². The fourth-order valence-electron chi connectivity index (χ4n) is 7.68. The van der Waals surface area contributed by atoms with Crippen LogP contribution < -0.4 is 10.2 Å². The van der Waals surface area contributed by atoms with E-state index in [1.165, 1.54) is 54.6 Å². The summed E-state index contributed by atoms with van der Waals surface area (Å²) < 4.78 is 6.55. The highest BCUT2D eigenvalue weighted by Crippen LogP contribution is 2.45. The Kier molecular flexibility index (Phi) is 6.56. The first-order chi connectivity index (χ1) is 24.8. The molecule has 1 aliphatic heterocycles. The van der Waals surface area contributed by atoms with Gasteiger partial charge in [0.1, 0.15) is 0 Å². The number of rotatable bonds is 5. The van der Waals surface area contributed by atoms with Gasteiger partial charge in [-0.05, 0) is 91.0 Å². The summed E-state index contributed by atoms with van der Waals surface area (Å²) in [7, 11) is 0. The largest absolute Gasteiger partial charge is 0.438 e. The van der Waals surface area contributed by atoms with E-state index in [0.29, 0.717) is 0 Å². The number of nitrogens with one attached hydrogen (secondary N) is 1. The maximum absolute atomic E-state index is 6.55. The van der Waals surface area contributed by atoms with Crippen LogP contribution in [0.3, 0.4) is 0 Å². The highest BCUT2D eigenvalue weighted by atomic mass is 16.4. The molecule has 10 rings (SSSR count). The van der Waals surface area contributed by atoms with E-state index in [-0.39, 0.29) is 0 Å². The molecule has 0 saturated heterocycles. The van der Waals surface area contributed by atoms with Gasteiger partial charge in [0, 0.05) is 28.9 Å². The minimum atomic E-state index is 0.757. The monoisotopic (exact) mass is 640 g/mol. The molecular weight excluding hydrogens is 609 g/mol. The van der Waals surface area contributed by atoms with Crippen molar-refractivity contribution in [3.63, 3.8) is 0 Å². The summed E-state index contributed by atoms with van der Waals surface area (Å²) in [5.41, 5.74) is 9.86. The van der Waals surface area contributed by atoms with E-state index in [9.17, 15) is 0 Å². The van der Waals surface area contributed by atoms with Gasteiger partial charge in [0.25, 0.3) is 0 Å². The highest BCUT2D eigenvalue weighted by Gasteiger charge is 2.22. The van der Waals surface area contributed by atoms with Crippen LogP contribution in [0.15, 0.2) is 174 Å². The Morgan fingerprint density at radius 3 is 1.92 bits per heavy atom. The Morgan fingerprint density at radius 1 is 0.500 bits per heavy atom. The average Bonchev–Trinajstić information content (AvgIpc) is 3.58. The molecule has 1 aromatic heterocycles. The van der Waals surface area contributed by atoms with Crippen molar-refractivity contribution in [2.45, 2.75) is 0 Å². The second-order valence-electron chi connectivity index (χ2n) is 12.9. The van der Waals surface area contributed by atoms with Crippen LogP contribution in [0.5, 0.6) is 0 Å². The third-order valence-corrected chi connectivity index (χ3v) is 10.1. The Balaban J connectivity index is 1.14. The van der Waals surface area contributed by atoms with Crippen molar-refractivity contribution in [3.8, 4) is 22.3 Å². The van der Waals surface area contributed by atoms with Gasteiger partial charge in [0.2, 0.25) is 5.88 Å². The summed E-state index contributed by atoms with van der Waals surface area (Å²) in [4.78, 5) is 2.31. The number of hydrogen-bond acceptors (Lipinski definition) is 3. The zero-order valence-electron chi connectivity index (χ0n) is 27.3. The number of benzene rings is 8. The molecule has 0 radical (unpaired) electrons. The quantitative estimate of drug-likeness (QED) is 0.190. The molecule has 0 saturated carbocycles. The minimum absolute atomic E-state index is 0.757. The number of nitrogens with zero attached hydrogens (tertiary/aromatic N) is 1. The maximum Gasteiger partial charge on any atom is 0.201 e. The average molecular weight is 641 g/mol. The lowest BCUT2D eigenvalue weighted by Gasteiger charge is -2.26. The molecule has 50 heavy (non-hydrogen) atoms. The predicted molar refractivity (Wildman–Crippen MR) is 212 cm³/mol. The Bertz CT molecular complexity index is 2720. The molecule has 0 unspecified atom stereocenters. The number of furan rings is 1. The number of anilines is 4. The smallest absolute Gasteiger partial charge is 0.201 e. The number of fused-ring (bicyclic) bond motifs is 8. The first kappa shape index (κ1) is 28.4. The predicted octanol–water partition coefficient (Wildman–Crippen LogP) is 13.1. The fraction of sp³-hybridized carbons (Fsp3) is 0.0213. The van der Waals surface area contributed by atoms with Crippen LogP contribution >= 0.6 is 0 Å². The third-order valence-electron chi connectivity index (χ3n) is 10.1. The van der Waals surface area contributed by atoms with Crippen LogP contribution in [0.25, 0.3) is 71.6 Å². The molecule has 8 aromatic carbocycles. The summed E-state index contributed by atoms with van der Waals surface area (Å²) in [6.07, 6.45) is 4.30. The molecule has 0 bridgehead atoms. The second kappa shape index (κ2) is 11.5. The zero-order chi connectivity index (χ0) is 33.0. The Labute approximate surface area is 290 Å². The first-order valence-electron chi connectivity index (χ1n) is 17.2. The van der Waals surface area contributed by atoms with E-state index in [1.807, 2.05) is 0 Å². The van der Waals surface area contributed by atoms with Gasteiger partial charge in [0.05, 0.1) is 5.69 Å². The summed E-state index contributed by atoms with van der Waals surface area (Å²) in [6.45, 7) is 0.757. The fourth-order valence-corrected chi connectivity index (χ4v) is 7.68. The molecule has 0 aliphatic carbocycles. The van der Waals surface area contributed by atoms with Crippen LogP contribution in [0.2, 0.25) is 0 Å². The van der Waals surface area contributed by atoms with E-state index >= 15 is 0 Å². The summed E-state index contributed by atoms with van der Waals surface area (Å²) >= 11 is 0. The Hall–Kier alpha value is -6.58. The normalized spacial score (nSPS) is 12.4. The molecule has 0 amide bonds.